The summed E-state index contributed by atoms with van der Waals surface area (Å²) in [5, 5.41) is 6.45. The lowest BCUT2D eigenvalue weighted by atomic mass is 10.3. The number of carbonyl (C=O) groups is 1. The van der Waals surface area contributed by atoms with Crippen molar-refractivity contribution in [2.45, 2.75) is 26.7 Å². The minimum absolute atomic E-state index is 0.191. The zero-order chi connectivity index (χ0) is 13.8. The van der Waals surface area contributed by atoms with E-state index in [1.165, 1.54) is 6.42 Å². The van der Waals surface area contributed by atoms with E-state index in [-0.39, 0.29) is 5.91 Å². The van der Waals surface area contributed by atoms with Gasteiger partial charge in [0.2, 0.25) is 0 Å². The summed E-state index contributed by atoms with van der Waals surface area (Å²) in [7, 11) is 0. The van der Waals surface area contributed by atoms with Crippen LogP contribution in [0.5, 0.6) is 0 Å². The highest BCUT2D eigenvalue weighted by Gasteiger charge is 2.32. The Morgan fingerprint density at radius 1 is 1.53 bits per heavy atom. The van der Waals surface area contributed by atoms with Gasteiger partial charge in [-0.2, -0.15) is 0 Å². The Balaban J connectivity index is 1.98. The summed E-state index contributed by atoms with van der Waals surface area (Å²) < 4.78 is 0. The molecule has 1 aromatic heterocycles. The summed E-state index contributed by atoms with van der Waals surface area (Å²) in [6.45, 7) is 5.81. The van der Waals surface area contributed by atoms with Crippen molar-refractivity contribution in [3.63, 3.8) is 0 Å². The van der Waals surface area contributed by atoms with Gasteiger partial charge >= 0.3 is 0 Å². The average Bonchev–Trinajstić information content (AvgIpc) is 3.11. The zero-order valence-electron chi connectivity index (χ0n) is 11.4. The number of amides is 1. The lowest BCUT2D eigenvalue weighted by molar-refractivity contribution is 0.0946. The van der Waals surface area contributed by atoms with Crippen molar-refractivity contribution < 1.29 is 4.79 Å². The molecule has 1 fully saturated rings. The molecule has 1 aliphatic rings. The highest BCUT2D eigenvalue weighted by atomic mass is 35.5. The molecule has 19 heavy (non-hydrogen) atoms. The molecule has 2 atom stereocenters. The van der Waals surface area contributed by atoms with Crippen molar-refractivity contribution >= 4 is 23.3 Å². The minimum Gasteiger partial charge on any atom is -0.370 e. The molecular formula is C14H20ClN3O. The molecule has 4 nitrogen and oxygen atoms in total. The second-order valence-corrected chi connectivity index (χ2v) is 5.54. The first kappa shape index (κ1) is 14.1. The van der Waals surface area contributed by atoms with Gasteiger partial charge in [0.15, 0.2) is 0 Å². The van der Waals surface area contributed by atoms with Crippen molar-refractivity contribution in [3.8, 4) is 0 Å². The van der Waals surface area contributed by atoms with Crippen LogP contribution < -0.4 is 10.6 Å². The number of aromatic nitrogens is 1. The fourth-order valence-electron chi connectivity index (χ4n) is 1.94. The van der Waals surface area contributed by atoms with E-state index < -0.39 is 0 Å². The largest absolute Gasteiger partial charge is 0.370 e. The predicted molar refractivity (Wildman–Crippen MR) is 77.6 cm³/mol. The van der Waals surface area contributed by atoms with E-state index in [0.717, 1.165) is 18.9 Å². The van der Waals surface area contributed by atoms with Gasteiger partial charge < -0.3 is 10.6 Å². The van der Waals surface area contributed by atoms with Crippen LogP contribution in [0.1, 0.15) is 37.2 Å². The number of hydrogen-bond acceptors (Lipinski definition) is 3. The van der Waals surface area contributed by atoms with Gasteiger partial charge in [-0.3, -0.25) is 4.79 Å². The van der Waals surface area contributed by atoms with Crippen molar-refractivity contribution in [1.82, 2.24) is 10.3 Å². The summed E-state index contributed by atoms with van der Waals surface area (Å²) in [4.78, 5) is 16.3. The Hall–Kier alpha value is -1.29. The molecule has 104 valence electrons. The Labute approximate surface area is 118 Å². The average molecular weight is 282 g/mol. The number of pyridine rings is 1. The third-order valence-electron chi connectivity index (χ3n) is 3.42. The second kappa shape index (κ2) is 6.24. The quantitative estimate of drug-likeness (QED) is 0.843. The molecule has 2 N–H and O–H groups in total. The van der Waals surface area contributed by atoms with Crippen LogP contribution in [0.25, 0.3) is 0 Å². The van der Waals surface area contributed by atoms with Crippen molar-refractivity contribution in [2.75, 3.05) is 18.4 Å². The van der Waals surface area contributed by atoms with Crippen molar-refractivity contribution in [1.29, 1.82) is 0 Å². The van der Waals surface area contributed by atoms with Gasteiger partial charge in [0.05, 0.1) is 5.02 Å². The third kappa shape index (κ3) is 3.83. The molecule has 1 saturated carbocycles. The maximum atomic E-state index is 12.0. The molecular weight excluding hydrogens is 262 g/mol. The molecule has 1 amide bonds. The van der Waals surface area contributed by atoms with E-state index in [4.69, 9.17) is 11.6 Å². The number of nitrogens with one attached hydrogen (secondary N) is 2. The van der Waals surface area contributed by atoms with Crippen LogP contribution in [0.2, 0.25) is 5.02 Å². The van der Waals surface area contributed by atoms with Crippen LogP contribution >= 0.6 is 11.6 Å². The van der Waals surface area contributed by atoms with E-state index >= 15 is 0 Å². The molecule has 0 bridgehead atoms. The molecule has 5 heteroatoms. The number of carbonyl (C=O) groups excluding carboxylic acids is 1. The molecule has 2 rings (SSSR count). The van der Waals surface area contributed by atoms with Gasteiger partial charge in [0.25, 0.3) is 5.91 Å². The molecule has 0 spiro atoms. The highest BCUT2D eigenvalue weighted by Crippen LogP contribution is 2.36. The van der Waals surface area contributed by atoms with Gasteiger partial charge in [-0.1, -0.05) is 25.4 Å². The van der Waals surface area contributed by atoms with Crippen LogP contribution in [0.3, 0.4) is 0 Å². The lowest BCUT2D eigenvalue weighted by Gasteiger charge is -2.09. The maximum Gasteiger partial charge on any atom is 0.271 e. The topological polar surface area (TPSA) is 54.0 Å². The van der Waals surface area contributed by atoms with Gasteiger partial charge in [-0.05, 0) is 36.8 Å². The highest BCUT2D eigenvalue weighted by molar-refractivity contribution is 6.33. The fourth-order valence-corrected chi connectivity index (χ4v) is 2.13. The molecule has 0 aliphatic heterocycles. The van der Waals surface area contributed by atoms with Gasteiger partial charge in [-0.25, -0.2) is 4.98 Å². The molecule has 2 unspecified atom stereocenters. The Kier molecular flexibility index (Phi) is 4.64. The number of anilines is 1. The molecule has 1 aliphatic carbocycles. The smallest absolute Gasteiger partial charge is 0.271 e. The monoisotopic (exact) mass is 281 g/mol. The number of nitrogens with zero attached hydrogens (tertiary/aromatic N) is 1. The summed E-state index contributed by atoms with van der Waals surface area (Å²) in [5.74, 6) is 1.84. The van der Waals surface area contributed by atoms with Crippen LogP contribution in [-0.2, 0) is 0 Å². The standard InChI is InChI=1S/C14H20ClN3O/c1-3-6-16-12-5-4-11(15)13(18-12)14(19)17-8-10-7-9(10)2/h4-5,9-10H,3,6-8H2,1-2H3,(H,16,18)(H,17,19). The van der Waals surface area contributed by atoms with Crippen LogP contribution in [0, 0.1) is 11.8 Å². The molecule has 1 aromatic rings. The van der Waals surface area contributed by atoms with E-state index in [1.54, 1.807) is 12.1 Å². The van der Waals surface area contributed by atoms with Crippen LogP contribution in [0.15, 0.2) is 12.1 Å². The first-order valence-electron chi connectivity index (χ1n) is 6.80. The van der Waals surface area contributed by atoms with Crippen molar-refractivity contribution in [2.24, 2.45) is 11.8 Å². The van der Waals surface area contributed by atoms with E-state index in [9.17, 15) is 4.79 Å². The molecule has 0 aromatic carbocycles. The Morgan fingerprint density at radius 2 is 2.26 bits per heavy atom. The first-order chi connectivity index (χ1) is 9.11. The Bertz CT molecular complexity index is 464. The summed E-state index contributed by atoms with van der Waals surface area (Å²) in [6.07, 6.45) is 2.20. The number of hydrogen-bond donors (Lipinski definition) is 2. The SMILES string of the molecule is CCCNc1ccc(Cl)c(C(=O)NCC2CC2C)n1. The van der Waals surface area contributed by atoms with Gasteiger partial charge in [0, 0.05) is 13.1 Å². The van der Waals surface area contributed by atoms with E-state index in [1.807, 2.05) is 0 Å². The van der Waals surface area contributed by atoms with E-state index in [0.29, 0.717) is 29.0 Å². The summed E-state index contributed by atoms with van der Waals surface area (Å²) >= 11 is 6.03. The number of rotatable bonds is 6. The molecule has 0 radical (unpaired) electrons. The normalized spacial score (nSPS) is 21.0. The van der Waals surface area contributed by atoms with Gasteiger partial charge in [-0.15, -0.1) is 0 Å². The van der Waals surface area contributed by atoms with Gasteiger partial charge in [0.1, 0.15) is 11.5 Å². The first-order valence-corrected chi connectivity index (χ1v) is 7.18. The number of halogens is 1. The van der Waals surface area contributed by atoms with Crippen molar-refractivity contribution in [3.05, 3.63) is 22.8 Å². The molecule has 1 heterocycles. The lowest BCUT2D eigenvalue weighted by Crippen LogP contribution is -2.27. The maximum absolute atomic E-state index is 12.0. The Morgan fingerprint density at radius 3 is 2.89 bits per heavy atom. The molecule has 0 saturated heterocycles. The zero-order valence-corrected chi connectivity index (χ0v) is 12.1. The minimum atomic E-state index is -0.191. The summed E-state index contributed by atoms with van der Waals surface area (Å²) in [6, 6.07) is 3.50. The predicted octanol–water partition coefficient (Wildman–Crippen LogP) is 2.94. The summed E-state index contributed by atoms with van der Waals surface area (Å²) in [5.41, 5.74) is 0.302. The van der Waals surface area contributed by atoms with Crippen LogP contribution in [0.4, 0.5) is 5.82 Å². The third-order valence-corrected chi connectivity index (χ3v) is 3.72. The van der Waals surface area contributed by atoms with E-state index in [2.05, 4.69) is 29.5 Å². The fraction of sp³-hybridized carbons (Fsp3) is 0.571. The second-order valence-electron chi connectivity index (χ2n) is 5.14. The van der Waals surface area contributed by atoms with Crippen LogP contribution in [-0.4, -0.2) is 24.0 Å².